The number of carbonyl (C=O) groups is 2. The second-order valence-corrected chi connectivity index (χ2v) is 8.15. The van der Waals surface area contributed by atoms with E-state index in [0.29, 0.717) is 24.0 Å². The summed E-state index contributed by atoms with van der Waals surface area (Å²) < 4.78 is 0. The van der Waals surface area contributed by atoms with E-state index in [1.54, 1.807) is 4.90 Å². The first-order chi connectivity index (χ1) is 13.0. The Morgan fingerprint density at radius 1 is 1.30 bits per heavy atom. The van der Waals surface area contributed by atoms with Crippen molar-refractivity contribution in [3.05, 3.63) is 35.2 Å². The lowest BCUT2D eigenvalue weighted by Gasteiger charge is -2.31. The summed E-state index contributed by atoms with van der Waals surface area (Å²) in [6, 6.07) is 9.35. The summed E-state index contributed by atoms with van der Waals surface area (Å²) in [7, 11) is 0. The van der Waals surface area contributed by atoms with Crippen molar-refractivity contribution in [2.75, 3.05) is 18.4 Å². The van der Waals surface area contributed by atoms with Crippen LogP contribution in [0.15, 0.2) is 30.3 Å². The van der Waals surface area contributed by atoms with Gasteiger partial charge in [-0.2, -0.15) is 0 Å². The lowest BCUT2D eigenvalue weighted by molar-refractivity contribution is -0.145. The van der Waals surface area contributed by atoms with E-state index in [1.807, 2.05) is 30.3 Å². The molecule has 1 aliphatic rings. The van der Waals surface area contributed by atoms with Crippen molar-refractivity contribution in [3.8, 4) is 11.3 Å². The zero-order valence-corrected chi connectivity index (χ0v) is 16.5. The second kappa shape index (κ2) is 8.63. The Bertz CT molecular complexity index is 804. The smallest absolute Gasteiger partial charge is 0.320 e. The Morgan fingerprint density at radius 2 is 2.04 bits per heavy atom. The van der Waals surface area contributed by atoms with Crippen LogP contribution in [0.4, 0.5) is 5.13 Å². The van der Waals surface area contributed by atoms with E-state index in [-0.39, 0.29) is 12.5 Å². The zero-order valence-electron chi connectivity index (χ0n) is 15.6. The molecule has 3 rings (SSSR count). The Hall–Kier alpha value is -2.25. The standard InChI is InChI=1S/C20H25N3O3S/c1-13(2)18-17(14-8-4-3-5-9-14)22-20(27-18)21-16(24)12-23-11-7-6-10-15(23)19(25)26/h3-5,8-9,13,15H,6-7,10-12H2,1-2H3,(H,25,26)(H,21,22,24). The third-order valence-electron chi connectivity index (χ3n) is 4.72. The van der Waals surface area contributed by atoms with Gasteiger partial charge in [-0.1, -0.05) is 50.6 Å². The molecule has 1 amide bonds. The first-order valence-electron chi connectivity index (χ1n) is 9.28. The van der Waals surface area contributed by atoms with Crippen LogP contribution in [0.5, 0.6) is 0 Å². The van der Waals surface area contributed by atoms with Crippen molar-refractivity contribution in [1.29, 1.82) is 0 Å². The van der Waals surface area contributed by atoms with Crippen LogP contribution in [0.25, 0.3) is 11.3 Å². The molecule has 27 heavy (non-hydrogen) atoms. The quantitative estimate of drug-likeness (QED) is 0.788. The minimum absolute atomic E-state index is 0.0776. The van der Waals surface area contributed by atoms with Crippen LogP contribution < -0.4 is 5.32 Å². The molecule has 2 heterocycles. The number of thiazole rings is 1. The van der Waals surface area contributed by atoms with Crippen molar-refractivity contribution in [2.45, 2.75) is 45.1 Å². The van der Waals surface area contributed by atoms with Crippen LogP contribution in [0.1, 0.15) is 43.9 Å². The molecule has 1 fully saturated rings. The fourth-order valence-electron chi connectivity index (χ4n) is 3.38. The highest BCUT2D eigenvalue weighted by Gasteiger charge is 2.30. The summed E-state index contributed by atoms with van der Waals surface area (Å²) >= 11 is 1.48. The molecule has 6 nitrogen and oxygen atoms in total. The van der Waals surface area contributed by atoms with Gasteiger partial charge in [0.15, 0.2) is 5.13 Å². The predicted octanol–water partition coefficient (Wildman–Crippen LogP) is 3.81. The largest absolute Gasteiger partial charge is 0.480 e. The minimum Gasteiger partial charge on any atom is -0.480 e. The number of nitrogens with one attached hydrogen (secondary N) is 1. The van der Waals surface area contributed by atoms with Crippen molar-refractivity contribution in [1.82, 2.24) is 9.88 Å². The third-order valence-corrected chi connectivity index (χ3v) is 5.99. The average Bonchev–Trinajstić information content (AvgIpc) is 3.06. The lowest BCUT2D eigenvalue weighted by Crippen LogP contribution is -2.47. The first-order valence-corrected chi connectivity index (χ1v) is 10.1. The molecule has 1 unspecified atom stereocenters. The van der Waals surface area contributed by atoms with E-state index < -0.39 is 12.0 Å². The van der Waals surface area contributed by atoms with E-state index >= 15 is 0 Å². The number of hydrogen-bond donors (Lipinski definition) is 2. The highest BCUT2D eigenvalue weighted by Crippen LogP contribution is 2.36. The number of carboxylic acid groups (broad SMARTS) is 1. The number of benzene rings is 1. The second-order valence-electron chi connectivity index (χ2n) is 7.12. The maximum atomic E-state index is 12.5. The Kier molecular flexibility index (Phi) is 6.23. The molecule has 7 heteroatoms. The molecular formula is C20H25N3O3S. The molecular weight excluding hydrogens is 362 g/mol. The molecule has 0 spiro atoms. The van der Waals surface area contributed by atoms with Crippen LogP contribution in [0.2, 0.25) is 0 Å². The number of piperidine rings is 1. The maximum absolute atomic E-state index is 12.5. The van der Waals surface area contributed by atoms with Gasteiger partial charge in [0.2, 0.25) is 5.91 Å². The molecule has 2 aromatic rings. The van der Waals surface area contributed by atoms with Crippen LogP contribution in [-0.2, 0) is 9.59 Å². The molecule has 1 atom stereocenters. The van der Waals surface area contributed by atoms with Crippen LogP contribution in [0.3, 0.4) is 0 Å². The van der Waals surface area contributed by atoms with Gasteiger partial charge in [0.25, 0.3) is 0 Å². The average molecular weight is 388 g/mol. The molecule has 0 saturated carbocycles. The molecule has 1 aromatic heterocycles. The van der Waals surface area contributed by atoms with Gasteiger partial charge in [0.1, 0.15) is 6.04 Å². The van der Waals surface area contributed by atoms with Crippen LogP contribution in [0, 0.1) is 0 Å². The Balaban J connectivity index is 1.73. The van der Waals surface area contributed by atoms with Gasteiger partial charge in [-0.05, 0) is 25.3 Å². The SMILES string of the molecule is CC(C)c1sc(NC(=O)CN2CCCCC2C(=O)O)nc1-c1ccccc1. The first kappa shape index (κ1) is 19.5. The minimum atomic E-state index is -0.856. The molecule has 1 saturated heterocycles. The van der Waals surface area contributed by atoms with E-state index in [4.69, 9.17) is 0 Å². The lowest BCUT2D eigenvalue weighted by atomic mass is 10.0. The summed E-state index contributed by atoms with van der Waals surface area (Å²) in [6.45, 7) is 4.93. The number of rotatable bonds is 6. The van der Waals surface area contributed by atoms with E-state index in [0.717, 1.165) is 29.0 Å². The number of aliphatic carboxylic acids is 1. The van der Waals surface area contributed by atoms with Gasteiger partial charge in [-0.15, -0.1) is 11.3 Å². The Morgan fingerprint density at radius 3 is 2.70 bits per heavy atom. The molecule has 1 aromatic carbocycles. The topological polar surface area (TPSA) is 82.5 Å². The van der Waals surface area contributed by atoms with Crippen LogP contribution >= 0.6 is 11.3 Å². The van der Waals surface area contributed by atoms with Gasteiger partial charge in [0.05, 0.1) is 12.2 Å². The number of anilines is 1. The van der Waals surface area contributed by atoms with Crippen molar-refractivity contribution < 1.29 is 14.7 Å². The monoisotopic (exact) mass is 387 g/mol. The van der Waals surface area contributed by atoms with Gasteiger partial charge in [-0.25, -0.2) is 4.98 Å². The number of carbonyl (C=O) groups excluding carboxylic acids is 1. The number of aromatic nitrogens is 1. The molecule has 2 N–H and O–H groups in total. The number of carboxylic acids is 1. The highest BCUT2D eigenvalue weighted by molar-refractivity contribution is 7.16. The number of nitrogens with zero attached hydrogens (tertiary/aromatic N) is 2. The summed E-state index contributed by atoms with van der Waals surface area (Å²) in [6.07, 6.45) is 2.40. The summed E-state index contributed by atoms with van der Waals surface area (Å²) in [5, 5.41) is 12.8. The fourth-order valence-corrected chi connectivity index (χ4v) is 4.39. The highest BCUT2D eigenvalue weighted by atomic mass is 32.1. The number of amides is 1. The zero-order chi connectivity index (χ0) is 19.4. The van der Waals surface area contributed by atoms with Crippen molar-refractivity contribution in [2.24, 2.45) is 0 Å². The number of hydrogen-bond acceptors (Lipinski definition) is 5. The summed E-state index contributed by atoms with van der Waals surface area (Å²) in [5.41, 5.74) is 1.92. The molecule has 144 valence electrons. The van der Waals surface area contributed by atoms with Crippen molar-refractivity contribution in [3.63, 3.8) is 0 Å². The fraction of sp³-hybridized carbons (Fsp3) is 0.450. The van der Waals surface area contributed by atoms with Crippen LogP contribution in [-0.4, -0.2) is 46.0 Å². The third kappa shape index (κ3) is 4.73. The van der Waals surface area contributed by atoms with E-state index in [1.165, 1.54) is 11.3 Å². The normalized spacial score (nSPS) is 17.8. The maximum Gasteiger partial charge on any atom is 0.320 e. The Labute approximate surface area is 163 Å². The summed E-state index contributed by atoms with van der Waals surface area (Å²) in [5.74, 6) is -0.779. The van der Waals surface area contributed by atoms with E-state index in [9.17, 15) is 14.7 Å². The van der Waals surface area contributed by atoms with Gasteiger partial charge in [-0.3, -0.25) is 14.5 Å². The molecule has 0 radical (unpaired) electrons. The number of likely N-dealkylation sites (tertiary alicyclic amines) is 1. The molecule has 0 aliphatic carbocycles. The van der Waals surface area contributed by atoms with Gasteiger partial charge in [0, 0.05) is 10.4 Å². The predicted molar refractivity (Wildman–Crippen MR) is 107 cm³/mol. The summed E-state index contributed by atoms with van der Waals surface area (Å²) in [4.78, 5) is 31.4. The molecule has 1 aliphatic heterocycles. The molecule has 0 bridgehead atoms. The van der Waals surface area contributed by atoms with Gasteiger partial charge < -0.3 is 10.4 Å². The van der Waals surface area contributed by atoms with E-state index in [2.05, 4.69) is 24.1 Å². The van der Waals surface area contributed by atoms with Crippen molar-refractivity contribution >= 4 is 28.3 Å². The van der Waals surface area contributed by atoms with Gasteiger partial charge >= 0.3 is 5.97 Å².